The molecule has 0 radical (unpaired) electrons. The Labute approximate surface area is 129 Å². The number of halogens is 1. The van der Waals surface area contributed by atoms with Crippen LogP contribution in [-0.4, -0.2) is 12.4 Å². The molecule has 0 saturated heterocycles. The lowest BCUT2D eigenvalue weighted by molar-refractivity contribution is 0.302. The van der Waals surface area contributed by atoms with Crippen LogP contribution in [0.25, 0.3) is 0 Å². The van der Waals surface area contributed by atoms with Gasteiger partial charge in [-0.3, -0.25) is 5.41 Å². The van der Waals surface area contributed by atoms with Gasteiger partial charge in [0.2, 0.25) is 0 Å². The number of benzene rings is 2. The zero-order chi connectivity index (χ0) is 15.2. The average molecular weight is 305 g/mol. The summed E-state index contributed by atoms with van der Waals surface area (Å²) in [5, 5.41) is 7.79. The number of hydrogen-bond acceptors (Lipinski definition) is 3. The van der Waals surface area contributed by atoms with E-state index in [1.807, 2.05) is 31.2 Å². The van der Waals surface area contributed by atoms with E-state index in [-0.39, 0.29) is 5.84 Å². The second-order valence-corrected chi connectivity index (χ2v) is 4.86. The highest BCUT2D eigenvalue weighted by molar-refractivity contribution is 6.34. The molecule has 0 aliphatic heterocycles. The first kappa shape index (κ1) is 15.2. The zero-order valence-corrected chi connectivity index (χ0v) is 12.5. The SMILES string of the molecule is CCCOc1ccccc1Oc1ccc(C(=N)N)c(Cl)c1. The van der Waals surface area contributed by atoms with Gasteiger partial charge in [-0.1, -0.05) is 30.7 Å². The summed E-state index contributed by atoms with van der Waals surface area (Å²) >= 11 is 6.08. The molecule has 0 saturated carbocycles. The van der Waals surface area contributed by atoms with E-state index in [0.717, 1.165) is 6.42 Å². The first-order valence-corrected chi connectivity index (χ1v) is 7.03. The van der Waals surface area contributed by atoms with E-state index in [1.54, 1.807) is 18.2 Å². The van der Waals surface area contributed by atoms with Crippen LogP contribution in [0.5, 0.6) is 17.2 Å². The van der Waals surface area contributed by atoms with Gasteiger partial charge in [-0.15, -0.1) is 0 Å². The molecule has 0 unspecified atom stereocenters. The summed E-state index contributed by atoms with van der Waals surface area (Å²) in [6, 6.07) is 12.5. The summed E-state index contributed by atoms with van der Waals surface area (Å²) in [4.78, 5) is 0. The molecule has 110 valence electrons. The average Bonchev–Trinajstić information content (AvgIpc) is 2.46. The third kappa shape index (κ3) is 3.89. The fourth-order valence-electron chi connectivity index (χ4n) is 1.77. The van der Waals surface area contributed by atoms with Crippen molar-refractivity contribution in [3.05, 3.63) is 53.1 Å². The van der Waals surface area contributed by atoms with Gasteiger partial charge in [0.1, 0.15) is 11.6 Å². The number of nitrogens with one attached hydrogen (secondary N) is 1. The molecule has 0 aromatic heterocycles. The zero-order valence-electron chi connectivity index (χ0n) is 11.7. The molecule has 0 amide bonds. The minimum absolute atomic E-state index is 0.0711. The lowest BCUT2D eigenvalue weighted by atomic mass is 10.2. The van der Waals surface area contributed by atoms with Crippen molar-refractivity contribution in [2.45, 2.75) is 13.3 Å². The fraction of sp³-hybridized carbons (Fsp3) is 0.188. The Hall–Kier alpha value is -2.20. The number of nitrogen functional groups attached to an aromatic ring is 1. The molecule has 0 heterocycles. The van der Waals surface area contributed by atoms with Crippen LogP contribution in [0.2, 0.25) is 5.02 Å². The van der Waals surface area contributed by atoms with E-state index in [2.05, 4.69) is 0 Å². The van der Waals surface area contributed by atoms with Crippen molar-refractivity contribution in [2.75, 3.05) is 6.61 Å². The van der Waals surface area contributed by atoms with E-state index in [1.165, 1.54) is 0 Å². The first-order valence-electron chi connectivity index (χ1n) is 6.65. The van der Waals surface area contributed by atoms with Crippen LogP contribution < -0.4 is 15.2 Å². The highest BCUT2D eigenvalue weighted by atomic mass is 35.5. The third-order valence-corrected chi connectivity index (χ3v) is 3.08. The van der Waals surface area contributed by atoms with Crippen molar-refractivity contribution in [1.82, 2.24) is 0 Å². The predicted octanol–water partition coefficient (Wildman–Crippen LogP) is 4.21. The number of hydrogen-bond donors (Lipinski definition) is 2. The standard InChI is InChI=1S/C16H17ClN2O2/c1-2-9-20-14-5-3-4-6-15(14)21-11-7-8-12(16(18)19)13(17)10-11/h3-8,10H,2,9H2,1H3,(H3,18,19). The quantitative estimate of drug-likeness (QED) is 0.620. The van der Waals surface area contributed by atoms with Gasteiger partial charge < -0.3 is 15.2 Å². The normalized spacial score (nSPS) is 10.2. The first-order chi connectivity index (χ1) is 10.1. The maximum Gasteiger partial charge on any atom is 0.169 e. The third-order valence-electron chi connectivity index (χ3n) is 2.77. The summed E-state index contributed by atoms with van der Waals surface area (Å²) in [6.45, 7) is 2.67. The van der Waals surface area contributed by atoms with Gasteiger partial charge in [-0.25, -0.2) is 0 Å². The van der Waals surface area contributed by atoms with Crippen LogP contribution in [-0.2, 0) is 0 Å². The van der Waals surface area contributed by atoms with Crippen molar-refractivity contribution in [3.63, 3.8) is 0 Å². The number of nitrogens with two attached hydrogens (primary N) is 1. The molecule has 0 spiro atoms. The summed E-state index contributed by atoms with van der Waals surface area (Å²) in [5.74, 6) is 1.81. The molecule has 0 aliphatic carbocycles. The Morgan fingerprint density at radius 1 is 1.19 bits per heavy atom. The van der Waals surface area contributed by atoms with Gasteiger partial charge in [-0.05, 0) is 30.7 Å². The topological polar surface area (TPSA) is 68.3 Å². The smallest absolute Gasteiger partial charge is 0.169 e. The lowest BCUT2D eigenvalue weighted by Crippen LogP contribution is -2.11. The predicted molar refractivity (Wildman–Crippen MR) is 84.8 cm³/mol. The number of amidine groups is 1. The lowest BCUT2D eigenvalue weighted by Gasteiger charge is -2.12. The molecule has 0 fully saturated rings. The van der Waals surface area contributed by atoms with Gasteiger partial charge in [0.15, 0.2) is 11.5 Å². The van der Waals surface area contributed by atoms with Gasteiger partial charge in [0, 0.05) is 11.6 Å². The van der Waals surface area contributed by atoms with Crippen molar-refractivity contribution in [1.29, 1.82) is 5.41 Å². The maximum absolute atomic E-state index is 7.41. The molecule has 2 aromatic rings. The molecular formula is C16H17ClN2O2. The van der Waals surface area contributed by atoms with Gasteiger partial charge in [-0.2, -0.15) is 0 Å². The highest BCUT2D eigenvalue weighted by Gasteiger charge is 2.08. The van der Waals surface area contributed by atoms with Gasteiger partial charge >= 0.3 is 0 Å². The van der Waals surface area contributed by atoms with Crippen LogP contribution in [0, 0.1) is 5.41 Å². The molecule has 0 bridgehead atoms. The molecule has 2 rings (SSSR count). The largest absolute Gasteiger partial charge is 0.490 e. The minimum atomic E-state index is -0.0711. The molecular weight excluding hydrogens is 288 g/mol. The molecule has 4 nitrogen and oxygen atoms in total. The van der Waals surface area contributed by atoms with E-state index in [9.17, 15) is 0 Å². The monoisotopic (exact) mass is 304 g/mol. The Morgan fingerprint density at radius 3 is 2.52 bits per heavy atom. The summed E-state index contributed by atoms with van der Waals surface area (Å²) in [7, 11) is 0. The maximum atomic E-state index is 7.41. The molecule has 0 atom stereocenters. The highest BCUT2D eigenvalue weighted by Crippen LogP contribution is 2.33. The van der Waals surface area contributed by atoms with E-state index < -0.39 is 0 Å². The summed E-state index contributed by atoms with van der Waals surface area (Å²) < 4.78 is 11.4. The van der Waals surface area contributed by atoms with Crippen LogP contribution in [0.3, 0.4) is 0 Å². The van der Waals surface area contributed by atoms with Crippen molar-refractivity contribution < 1.29 is 9.47 Å². The van der Waals surface area contributed by atoms with Crippen LogP contribution in [0.4, 0.5) is 0 Å². The number of ether oxygens (including phenoxy) is 2. The van der Waals surface area contributed by atoms with E-state index in [0.29, 0.717) is 34.4 Å². The van der Waals surface area contributed by atoms with Crippen molar-refractivity contribution in [3.8, 4) is 17.2 Å². The van der Waals surface area contributed by atoms with Crippen molar-refractivity contribution in [2.24, 2.45) is 5.73 Å². The Kier molecular flexibility index (Phi) is 5.06. The minimum Gasteiger partial charge on any atom is -0.490 e. The number of para-hydroxylation sites is 2. The molecule has 2 aromatic carbocycles. The second-order valence-electron chi connectivity index (χ2n) is 4.45. The fourth-order valence-corrected chi connectivity index (χ4v) is 2.04. The van der Waals surface area contributed by atoms with Crippen molar-refractivity contribution >= 4 is 17.4 Å². The molecule has 21 heavy (non-hydrogen) atoms. The molecule has 3 N–H and O–H groups in total. The molecule has 5 heteroatoms. The van der Waals surface area contributed by atoms with Crippen LogP contribution in [0.15, 0.2) is 42.5 Å². The Bertz CT molecular complexity index is 644. The van der Waals surface area contributed by atoms with Gasteiger partial charge in [0.05, 0.1) is 11.6 Å². The Morgan fingerprint density at radius 2 is 1.90 bits per heavy atom. The van der Waals surface area contributed by atoms with Crippen LogP contribution >= 0.6 is 11.6 Å². The molecule has 0 aliphatic rings. The number of rotatable bonds is 6. The summed E-state index contributed by atoms with van der Waals surface area (Å²) in [5.41, 5.74) is 5.92. The van der Waals surface area contributed by atoms with E-state index >= 15 is 0 Å². The second kappa shape index (κ2) is 6.99. The van der Waals surface area contributed by atoms with E-state index in [4.69, 9.17) is 32.2 Å². The summed E-state index contributed by atoms with van der Waals surface area (Å²) in [6.07, 6.45) is 0.924. The van der Waals surface area contributed by atoms with Gasteiger partial charge in [0.25, 0.3) is 0 Å². The van der Waals surface area contributed by atoms with Crippen LogP contribution in [0.1, 0.15) is 18.9 Å². The Balaban J connectivity index is 2.22.